The quantitative estimate of drug-likeness (QED) is 0.699. The highest BCUT2D eigenvalue weighted by Crippen LogP contribution is 2.07. The van der Waals surface area contributed by atoms with Crippen molar-refractivity contribution >= 4 is 5.82 Å². The molecule has 1 aromatic heterocycles. The molecule has 0 unspecified atom stereocenters. The van der Waals surface area contributed by atoms with Gasteiger partial charge in [0.25, 0.3) is 0 Å². The number of pyridine rings is 1. The van der Waals surface area contributed by atoms with E-state index in [4.69, 9.17) is 4.74 Å². The molecule has 15 heavy (non-hydrogen) atoms. The molecule has 1 aromatic rings. The molecule has 0 bridgehead atoms. The van der Waals surface area contributed by atoms with Crippen molar-refractivity contribution in [2.24, 2.45) is 0 Å². The van der Waals surface area contributed by atoms with E-state index in [0.717, 1.165) is 32.0 Å². The molecular weight excluding hydrogens is 188 g/mol. The van der Waals surface area contributed by atoms with E-state index in [1.165, 1.54) is 12.0 Å². The van der Waals surface area contributed by atoms with Crippen molar-refractivity contribution in [3.63, 3.8) is 0 Å². The predicted molar refractivity (Wildman–Crippen MR) is 63.2 cm³/mol. The molecule has 1 N–H and O–H groups in total. The minimum Gasteiger partial charge on any atom is -0.380 e. The first-order chi connectivity index (χ1) is 7.34. The first-order valence-corrected chi connectivity index (χ1v) is 5.58. The zero-order valence-electron chi connectivity index (χ0n) is 9.62. The molecule has 0 amide bonds. The fourth-order valence-corrected chi connectivity index (χ4v) is 1.26. The second-order valence-electron chi connectivity index (χ2n) is 3.56. The Morgan fingerprint density at radius 1 is 1.40 bits per heavy atom. The molecule has 1 heterocycles. The molecule has 1 rings (SSSR count). The van der Waals surface area contributed by atoms with E-state index in [9.17, 15) is 0 Å². The normalized spacial score (nSPS) is 10.3. The van der Waals surface area contributed by atoms with Gasteiger partial charge >= 0.3 is 0 Å². The van der Waals surface area contributed by atoms with Gasteiger partial charge in [0, 0.05) is 19.3 Å². The van der Waals surface area contributed by atoms with Crippen LogP contribution in [0.15, 0.2) is 18.3 Å². The topological polar surface area (TPSA) is 34.1 Å². The number of aryl methyl sites for hydroxylation is 1. The molecule has 0 saturated carbocycles. The third-order valence-electron chi connectivity index (χ3n) is 2.19. The van der Waals surface area contributed by atoms with E-state index in [0.29, 0.717) is 0 Å². The van der Waals surface area contributed by atoms with E-state index < -0.39 is 0 Å². The number of nitrogens with one attached hydrogen (secondary N) is 1. The number of unbranched alkanes of at least 4 members (excludes halogenated alkanes) is 1. The first kappa shape index (κ1) is 12.0. The molecule has 0 spiro atoms. The van der Waals surface area contributed by atoms with E-state index in [1.54, 1.807) is 6.20 Å². The second kappa shape index (κ2) is 7.23. The molecule has 0 aromatic carbocycles. The maximum Gasteiger partial charge on any atom is 0.128 e. The number of aromatic nitrogens is 1. The Hall–Kier alpha value is -1.09. The van der Waals surface area contributed by atoms with E-state index in [2.05, 4.69) is 17.2 Å². The highest BCUT2D eigenvalue weighted by atomic mass is 16.5. The Morgan fingerprint density at radius 2 is 2.27 bits per heavy atom. The van der Waals surface area contributed by atoms with Crippen molar-refractivity contribution in [1.29, 1.82) is 0 Å². The predicted octanol–water partition coefficient (Wildman–Crippen LogP) is 2.62. The van der Waals surface area contributed by atoms with Crippen molar-refractivity contribution in [2.45, 2.75) is 26.7 Å². The molecule has 0 saturated heterocycles. The molecule has 0 fully saturated rings. The molecule has 0 atom stereocenters. The maximum absolute atomic E-state index is 5.45. The lowest BCUT2D eigenvalue weighted by Gasteiger charge is -2.08. The van der Waals surface area contributed by atoms with Crippen molar-refractivity contribution in [2.75, 3.05) is 25.1 Å². The third kappa shape index (κ3) is 4.79. The molecule has 0 radical (unpaired) electrons. The molecule has 3 heteroatoms. The smallest absolute Gasteiger partial charge is 0.128 e. The first-order valence-electron chi connectivity index (χ1n) is 5.58. The van der Waals surface area contributed by atoms with Crippen LogP contribution in [0.4, 0.5) is 5.82 Å². The lowest BCUT2D eigenvalue weighted by atomic mass is 10.3. The summed E-state index contributed by atoms with van der Waals surface area (Å²) < 4.78 is 5.45. The molecule has 0 aliphatic rings. The van der Waals surface area contributed by atoms with Crippen molar-refractivity contribution in [3.8, 4) is 0 Å². The number of hydrogen-bond acceptors (Lipinski definition) is 3. The number of nitrogens with zero attached hydrogens (tertiary/aromatic N) is 1. The van der Waals surface area contributed by atoms with Gasteiger partial charge in [0.2, 0.25) is 0 Å². The summed E-state index contributed by atoms with van der Waals surface area (Å²) >= 11 is 0. The van der Waals surface area contributed by atoms with Crippen LogP contribution in [0, 0.1) is 6.92 Å². The molecule has 0 aliphatic heterocycles. The van der Waals surface area contributed by atoms with Crippen LogP contribution in [0.3, 0.4) is 0 Å². The lowest BCUT2D eigenvalue weighted by Crippen LogP contribution is -2.11. The van der Waals surface area contributed by atoms with Crippen LogP contribution in [-0.4, -0.2) is 24.7 Å². The Kier molecular flexibility index (Phi) is 5.78. The Labute approximate surface area is 91.9 Å². The van der Waals surface area contributed by atoms with Crippen molar-refractivity contribution in [1.82, 2.24) is 4.98 Å². The average Bonchev–Trinajstić information content (AvgIpc) is 2.25. The Balaban J connectivity index is 2.12. The molecule has 3 nitrogen and oxygen atoms in total. The van der Waals surface area contributed by atoms with Crippen molar-refractivity contribution in [3.05, 3.63) is 23.9 Å². The lowest BCUT2D eigenvalue weighted by molar-refractivity contribution is 0.141. The van der Waals surface area contributed by atoms with Gasteiger partial charge in [-0.05, 0) is 25.0 Å². The van der Waals surface area contributed by atoms with Gasteiger partial charge in [-0.2, -0.15) is 0 Å². The maximum atomic E-state index is 5.45. The number of hydrogen-bond donors (Lipinski definition) is 1. The van der Waals surface area contributed by atoms with Crippen LogP contribution in [0.5, 0.6) is 0 Å². The fourth-order valence-electron chi connectivity index (χ4n) is 1.26. The number of ether oxygens (including phenoxy) is 1. The highest BCUT2D eigenvalue weighted by molar-refractivity contribution is 5.42. The minimum absolute atomic E-state index is 0.746. The van der Waals surface area contributed by atoms with Crippen LogP contribution in [0.2, 0.25) is 0 Å². The average molecular weight is 208 g/mol. The van der Waals surface area contributed by atoms with Gasteiger partial charge in [-0.1, -0.05) is 19.4 Å². The molecular formula is C12H20N2O. The van der Waals surface area contributed by atoms with Gasteiger partial charge < -0.3 is 10.1 Å². The van der Waals surface area contributed by atoms with Crippen LogP contribution >= 0.6 is 0 Å². The Morgan fingerprint density at radius 3 is 3.00 bits per heavy atom. The van der Waals surface area contributed by atoms with Crippen molar-refractivity contribution < 1.29 is 4.74 Å². The monoisotopic (exact) mass is 208 g/mol. The minimum atomic E-state index is 0.746. The van der Waals surface area contributed by atoms with E-state index in [-0.39, 0.29) is 0 Å². The summed E-state index contributed by atoms with van der Waals surface area (Å²) in [5, 5.41) is 3.25. The zero-order valence-corrected chi connectivity index (χ0v) is 9.62. The summed E-state index contributed by atoms with van der Waals surface area (Å²) in [5.41, 5.74) is 1.17. The van der Waals surface area contributed by atoms with Crippen LogP contribution in [-0.2, 0) is 4.74 Å². The van der Waals surface area contributed by atoms with Crippen LogP contribution < -0.4 is 5.32 Å². The Bertz CT molecular complexity index is 276. The SMILES string of the molecule is CCCCOCCNc1ncccc1C. The number of rotatable bonds is 7. The summed E-state index contributed by atoms with van der Waals surface area (Å²) in [6.45, 7) is 6.64. The summed E-state index contributed by atoms with van der Waals surface area (Å²) in [5.74, 6) is 0.955. The van der Waals surface area contributed by atoms with Crippen LogP contribution in [0.1, 0.15) is 25.3 Å². The van der Waals surface area contributed by atoms with Gasteiger partial charge in [-0.15, -0.1) is 0 Å². The zero-order chi connectivity index (χ0) is 10.9. The second-order valence-corrected chi connectivity index (χ2v) is 3.56. The molecule has 0 aliphatic carbocycles. The highest BCUT2D eigenvalue weighted by Gasteiger charge is 1.96. The van der Waals surface area contributed by atoms with Gasteiger partial charge in [0.1, 0.15) is 5.82 Å². The third-order valence-corrected chi connectivity index (χ3v) is 2.19. The fraction of sp³-hybridized carbons (Fsp3) is 0.583. The largest absolute Gasteiger partial charge is 0.380 e. The van der Waals surface area contributed by atoms with Gasteiger partial charge in [-0.25, -0.2) is 4.98 Å². The summed E-state index contributed by atoms with van der Waals surface area (Å²) in [7, 11) is 0. The standard InChI is InChI=1S/C12H20N2O/c1-3-4-9-15-10-8-14-12-11(2)6-5-7-13-12/h5-7H,3-4,8-10H2,1-2H3,(H,13,14). The number of anilines is 1. The van der Waals surface area contributed by atoms with Crippen LogP contribution in [0.25, 0.3) is 0 Å². The summed E-state index contributed by atoms with van der Waals surface area (Å²) in [6, 6.07) is 3.99. The summed E-state index contributed by atoms with van der Waals surface area (Å²) in [4.78, 5) is 4.25. The van der Waals surface area contributed by atoms with E-state index in [1.807, 2.05) is 19.1 Å². The van der Waals surface area contributed by atoms with Gasteiger partial charge in [0.15, 0.2) is 0 Å². The molecule has 84 valence electrons. The van der Waals surface area contributed by atoms with E-state index >= 15 is 0 Å². The van der Waals surface area contributed by atoms with Gasteiger partial charge in [-0.3, -0.25) is 0 Å². The van der Waals surface area contributed by atoms with Gasteiger partial charge in [0.05, 0.1) is 6.61 Å². The summed E-state index contributed by atoms with van der Waals surface area (Å²) in [6.07, 6.45) is 4.13.